The van der Waals surface area contributed by atoms with Gasteiger partial charge in [0.15, 0.2) is 0 Å². The van der Waals surface area contributed by atoms with E-state index < -0.39 is 5.82 Å². The number of hydrogen-bond acceptors (Lipinski definition) is 2. The average molecular weight is 272 g/mol. The number of hydrogen-bond donors (Lipinski definition) is 1. The highest BCUT2D eigenvalue weighted by atomic mass is 35.5. The Balaban J connectivity index is 2.15. The average Bonchev–Trinajstić information content (AvgIpc) is 2.38. The molecule has 1 fully saturated rings. The molecule has 3 nitrogen and oxygen atoms in total. The Labute approximate surface area is 110 Å². The van der Waals surface area contributed by atoms with Crippen molar-refractivity contribution in [2.75, 3.05) is 19.7 Å². The summed E-state index contributed by atoms with van der Waals surface area (Å²) >= 11 is 5.88. The van der Waals surface area contributed by atoms with Crippen molar-refractivity contribution in [1.29, 1.82) is 0 Å². The molecule has 1 atom stereocenters. The number of carbonyl (C=O) groups excluding carboxylic acids is 1. The van der Waals surface area contributed by atoms with Gasteiger partial charge in [-0.15, -0.1) is 0 Å². The van der Waals surface area contributed by atoms with Crippen molar-refractivity contribution >= 4 is 17.5 Å². The van der Waals surface area contributed by atoms with Crippen LogP contribution in [0.25, 0.3) is 0 Å². The third-order valence-corrected chi connectivity index (χ3v) is 3.54. The Kier molecular flexibility index (Phi) is 4.19. The number of aliphatic hydroxyl groups excluding tert-OH is 1. The molecular weight excluding hydrogens is 257 g/mol. The molecular formula is C13H15ClFNO2. The topological polar surface area (TPSA) is 40.5 Å². The van der Waals surface area contributed by atoms with Crippen LogP contribution in [0.3, 0.4) is 0 Å². The lowest BCUT2D eigenvalue weighted by atomic mass is 9.98. The number of amides is 1. The molecule has 1 aromatic rings. The first-order chi connectivity index (χ1) is 8.61. The summed E-state index contributed by atoms with van der Waals surface area (Å²) in [6.07, 6.45) is 1.80. The predicted octanol–water partition coefficient (Wildman–Crippen LogP) is 2.32. The van der Waals surface area contributed by atoms with Crippen molar-refractivity contribution in [2.45, 2.75) is 12.8 Å². The molecule has 0 aliphatic carbocycles. The summed E-state index contributed by atoms with van der Waals surface area (Å²) in [5, 5.41) is 9.27. The van der Waals surface area contributed by atoms with Gasteiger partial charge in [-0.05, 0) is 37.0 Å². The molecule has 0 spiro atoms. The molecule has 0 bridgehead atoms. The van der Waals surface area contributed by atoms with Crippen LogP contribution in [0.5, 0.6) is 0 Å². The van der Waals surface area contributed by atoms with Crippen molar-refractivity contribution in [3.05, 3.63) is 34.6 Å². The van der Waals surface area contributed by atoms with Gasteiger partial charge in [0, 0.05) is 19.7 Å². The maximum atomic E-state index is 12.9. The van der Waals surface area contributed by atoms with Crippen LogP contribution in [-0.4, -0.2) is 35.6 Å². The fraction of sp³-hybridized carbons (Fsp3) is 0.462. The molecule has 98 valence electrons. The molecule has 1 heterocycles. The minimum atomic E-state index is -0.455. The molecule has 18 heavy (non-hydrogen) atoms. The van der Waals surface area contributed by atoms with E-state index in [0.717, 1.165) is 18.9 Å². The molecule has 1 aliphatic rings. The normalized spacial score (nSPS) is 19.9. The van der Waals surface area contributed by atoms with E-state index in [1.807, 2.05) is 0 Å². The largest absolute Gasteiger partial charge is 0.396 e. The van der Waals surface area contributed by atoms with E-state index in [9.17, 15) is 9.18 Å². The Morgan fingerprint density at radius 2 is 2.33 bits per heavy atom. The lowest BCUT2D eigenvalue weighted by Gasteiger charge is -2.32. The van der Waals surface area contributed by atoms with Gasteiger partial charge < -0.3 is 10.0 Å². The highest BCUT2D eigenvalue weighted by Crippen LogP contribution is 2.22. The van der Waals surface area contributed by atoms with Crippen molar-refractivity contribution < 1.29 is 14.3 Å². The van der Waals surface area contributed by atoms with E-state index in [0.29, 0.717) is 18.7 Å². The summed E-state index contributed by atoms with van der Waals surface area (Å²) in [6.45, 7) is 1.27. The predicted molar refractivity (Wildman–Crippen MR) is 67.1 cm³/mol. The van der Waals surface area contributed by atoms with Crippen molar-refractivity contribution in [3.63, 3.8) is 0 Å². The molecule has 1 amide bonds. The van der Waals surface area contributed by atoms with Gasteiger partial charge in [-0.2, -0.15) is 0 Å². The lowest BCUT2D eigenvalue weighted by molar-refractivity contribution is 0.0621. The fourth-order valence-electron chi connectivity index (χ4n) is 2.23. The van der Waals surface area contributed by atoms with Crippen molar-refractivity contribution in [1.82, 2.24) is 4.90 Å². The minimum absolute atomic E-state index is 0.0843. The zero-order valence-electron chi connectivity index (χ0n) is 9.90. The zero-order valence-corrected chi connectivity index (χ0v) is 10.7. The number of aliphatic hydroxyl groups is 1. The van der Waals surface area contributed by atoms with E-state index >= 15 is 0 Å². The highest BCUT2D eigenvalue weighted by molar-refractivity contribution is 6.33. The second-order valence-corrected chi connectivity index (χ2v) is 4.97. The van der Waals surface area contributed by atoms with Gasteiger partial charge in [-0.1, -0.05) is 11.6 Å². The van der Waals surface area contributed by atoms with Gasteiger partial charge in [0.25, 0.3) is 5.91 Å². The second kappa shape index (κ2) is 5.67. The van der Waals surface area contributed by atoms with E-state index in [2.05, 4.69) is 0 Å². The second-order valence-electron chi connectivity index (χ2n) is 4.57. The van der Waals surface area contributed by atoms with Crippen LogP contribution in [0, 0.1) is 11.7 Å². The third-order valence-electron chi connectivity index (χ3n) is 3.23. The SMILES string of the molecule is O=C(c1ccc(F)cc1Cl)N1CCCC(CO)C1. The van der Waals surface area contributed by atoms with Gasteiger partial charge >= 0.3 is 0 Å². The summed E-state index contributed by atoms with van der Waals surface area (Å²) in [6, 6.07) is 3.78. The Hall–Kier alpha value is -1.13. The van der Waals surface area contributed by atoms with E-state index in [4.69, 9.17) is 16.7 Å². The molecule has 1 unspecified atom stereocenters. The molecule has 1 N–H and O–H groups in total. The van der Waals surface area contributed by atoms with Gasteiger partial charge in [0.2, 0.25) is 0 Å². The first kappa shape index (κ1) is 13.3. The van der Waals surface area contributed by atoms with Gasteiger partial charge in [-0.25, -0.2) is 4.39 Å². The third kappa shape index (κ3) is 2.82. The number of rotatable bonds is 2. The summed E-state index contributed by atoms with van der Waals surface area (Å²) < 4.78 is 12.9. The Morgan fingerprint density at radius 1 is 1.56 bits per heavy atom. The number of likely N-dealkylation sites (tertiary alicyclic amines) is 1. The Morgan fingerprint density at radius 3 is 3.00 bits per heavy atom. The zero-order chi connectivity index (χ0) is 13.1. The molecule has 5 heteroatoms. The number of benzene rings is 1. The van der Waals surface area contributed by atoms with Gasteiger partial charge in [0.1, 0.15) is 5.82 Å². The van der Waals surface area contributed by atoms with E-state index in [1.165, 1.54) is 12.1 Å². The number of piperidine rings is 1. The van der Waals surface area contributed by atoms with Crippen LogP contribution < -0.4 is 0 Å². The van der Waals surface area contributed by atoms with Crippen molar-refractivity contribution in [2.24, 2.45) is 5.92 Å². The first-order valence-corrected chi connectivity index (χ1v) is 6.35. The van der Waals surface area contributed by atoms with Gasteiger partial charge in [0.05, 0.1) is 10.6 Å². The summed E-state index contributed by atoms with van der Waals surface area (Å²) in [5.41, 5.74) is 0.316. The van der Waals surface area contributed by atoms with Crippen LogP contribution in [0.1, 0.15) is 23.2 Å². The smallest absolute Gasteiger partial charge is 0.255 e. The summed E-state index contributed by atoms with van der Waals surface area (Å²) in [5.74, 6) is -0.525. The minimum Gasteiger partial charge on any atom is -0.396 e. The quantitative estimate of drug-likeness (QED) is 0.897. The summed E-state index contributed by atoms with van der Waals surface area (Å²) in [4.78, 5) is 13.9. The molecule has 1 aliphatic heterocycles. The number of halogens is 2. The van der Waals surface area contributed by atoms with Crippen LogP contribution in [0.4, 0.5) is 4.39 Å². The molecule has 0 saturated carbocycles. The number of nitrogens with zero attached hydrogens (tertiary/aromatic N) is 1. The molecule has 1 saturated heterocycles. The van der Waals surface area contributed by atoms with Crippen LogP contribution in [0.15, 0.2) is 18.2 Å². The van der Waals surface area contributed by atoms with Crippen LogP contribution in [-0.2, 0) is 0 Å². The lowest BCUT2D eigenvalue weighted by Crippen LogP contribution is -2.41. The highest BCUT2D eigenvalue weighted by Gasteiger charge is 2.25. The molecule has 0 aromatic heterocycles. The molecule has 1 aromatic carbocycles. The first-order valence-electron chi connectivity index (χ1n) is 5.97. The van der Waals surface area contributed by atoms with Crippen molar-refractivity contribution in [3.8, 4) is 0 Å². The standard InChI is InChI=1S/C13H15ClFNO2/c14-12-6-10(15)3-4-11(12)13(18)16-5-1-2-9(7-16)8-17/h3-4,6,9,17H,1-2,5,7-8H2. The molecule has 0 radical (unpaired) electrons. The van der Waals surface area contributed by atoms with Gasteiger partial charge in [-0.3, -0.25) is 4.79 Å². The Bertz CT molecular complexity index is 453. The monoisotopic (exact) mass is 271 g/mol. The van der Waals surface area contributed by atoms with E-state index in [1.54, 1.807) is 4.90 Å². The maximum Gasteiger partial charge on any atom is 0.255 e. The van der Waals surface area contributed by atoms with Crippen LogP contribution in [0.2, 0.25) is 5.02 Å². The fourth-order valence-corrected chi connectivity index (χ4v) is 2.48. The van der Waals surface area contributed by atoms with E-state index in [-0.39, 0.29) is 23.5 Å². The molecule has 2 rings (SSSR count). The van der Waals surface area contributed by atoms with Crippen LogP contribution >= 0.6 is 11.6 Å². The maximum absolute atomic E-state index is 12.9. The summed E-state index contributed by atoms with van der Waals surface area (Å²) in [7, 11) is 0. The number of carbonyl (C=O) groups is 1.